The van der Waals surface area contributed by atoms with Crippen LogP contribution in [0.5, 0.6) is 0 Å². The van der Waals surface area contributed by atoms with Crippen LogP contribution in [0.2, 0.25) is 0 Å². The van der Waals surface area contributed by atoms with Crippen molar-refractivity contribution in [2.75, 3.05) is 0 Å². The van der Waals surface area contributed by atoms with Gasteiger partial charge in [-0.15, -0.1) is 0 Å². The van der Waals surface area contributed by atoms with Crippen LogP contribution in [0, 0.1) is 0 Å². The third-order valence-electron chi connectivity index (χ3n) is 7.37. The fourth-order valence-corrected chi connectivity index (χ4v) is 4.91. The van der Waals surface area contributed by atoms with Gasteiger partial charge in [0.15, 0.2) is 0 Å². The Labute approximate surface area is 215 Å². The zero-order valence-corrected chi connectivity index (χ0v) is 24.0. The highest BCUT2D eigenvalue weighted by atomic mass is 16.5. The van der Waals surface area contributed by atoms with Gasteiger partial charge in [0.2, 0.25) is 0 Å². The molecule has 34 heavy (non-hydrogen) atoms. The standard InChI is InChI=1S/C32H64O2/c1-4-7-9-11-13-15-17-18-20-22-24-26-28-30-32(33)34-31(6-3)29-27-25-23-21-19-16-14-12-10-8-5-2/h31H,4-30H2,1-3H3. The smallest absolute Gasteiger partial charge is 0.306 e. The maximum Gasteiger partial charge on any atom is 0.306 e. The largest absolute Gasteiger partial charge is 0.462 e. The molecule has 0 aliphatic heterocycles. The molecule has 0 aromatic heterocycles. The third kappa shape index (κ3) is 26.1. The molecular formula is C32H64O2. The highest BCUT2D eigenvalue weighted by molar-refractivity contribution is 5.69. The van der Waals surface area contributed by atoms with E-state index in [1.54, 1.807) is 0 Å². The van der Waals surface area contributed by atoms with Gasteiger partial charge in [0.1, 0.15) is 6.10 Å². The van der Waals surface area contributed by atoms with E-state index in [2.05, 4.69) is 20.8 Å². The predicted octanol–water partition coefficient (Wildman–Crippen LogP) is 11.5. The Morgan fingerprint density at radius 2 is 0.794 bits per heavy atom. The quantitative estimate of drug-likeness (QED) is 0.0821. The average molecular weight is 481 g/mol. The van der Waals surface area contributed by atoms with Crippen molar-refractivity contribution < 1.29 is 9.53 Å². The molecule has 2 nitrogen and oxygen atoms in total. The molecule has 0 saturated carbocycles. The number of hydrogen-bond donors (Lipinski definition) is 0. The first-order chi connectivity index (χ1) is 16.7. The maximum absolute atomic E-state index is 12.2. The molecule has 0 saturated heterocycles. The molecule has 0 aromatic rings. The number of esters is 1. The highest BCUT2D eigenvalue weighted by Gasteiger charge is 2.12. The van der Waals surface area contributed by atoms with Crippen LogP contribution in [0.15, 0.2) is 0 Å². The molecule has 0 aromatic carbocycles. The predicted molar refractivity (Wildman–Crippen MR) is 152 cm³/mol. The van der Waals surface area contributed by atoms with Crippen molar-refractivity contribution in [1.29, 1.82) is 0 Å². The Bertz CT molecular complexity index is 392. The molecule has 0 fully saturated rings. The van der Waals surface area contributed by atoms with Gasteiger partial charge >= 0.3 is 5.97 Å². The van der Waals surface area contributed by atoms with E-state index in [1.807, 2.05) is 0 Å². The van der Waals surface area contributed by atoms with E-state index >= 15 is 0 Å². The summed E-state index contributed by atoms with van der Waals surface area (Å²) in [6, 6.07) is 0. The van der Waals surface area contributed by atoms with E-state index in [-0.39, 0.29) is 12.1 Å². The van der Waals surface area contributed by atoms with Gasteiger partial charge in [-0.3, -0.25) is 4.79 Å². The molecule has 0 spiro atoms. The minimum atomic E-state index is 0.0398. The topological polar surface area (TPSA) is 26.3 Å². The summed E-state index contributed by atoms with van der Waals surface area (Å²) in [5, 5.41) is 0. The Balaban J connectivity index is 3.42. The highest BCUT2D eigenvalue weighted by Crippen LogP contribution is 2.16. The summed E-state index contributed by atoms with van der Waals surface area (Å²) in [5.41, 5.74) is 0. The number of ether oxygens (including phenoxy) is 1. The Kier molecular flexibility index (Phi) is 28.3. The van der Waals surface area contributed by atoms with E-state index in [1.165, 1.54) is 148 Å². The molecule has 0 aliphatic carbocycles. The fraction of sp³-hybridized carbons (Fsp3) is 0.969. The summed E-state index contributed by atoms with van der Waals surface area (Å²) in [4.78, 5) is 12.2. The number of carbonyl (C=O) groups excluding carboxylic acids is 1. The summed E-state index contributed by atoms with van der Waals surface area (Å²) in [7, 11) is 0. The van der Waals surface area contributed by atoms with Crippen LogP contribution < -0.4 is 0 Å². The molecule has 0 aliphatic rings. The molecule has 0 bridgehead atoms. The summed E-state index contributed by atoms with van der Waals surface area (Å²) in [6.07, 6.45) is 35.3. The maximum atomic E-state index is 12.2. The number of unbranched alkanes of at least 4 members (excludes halogenated alkanes) is 22. The van der Waals surface area contributed by atoms with Crippen LogP contribution in [0.4, 0.5) is 0 Å². The summed E-state index contributed by atoms with van der Waals surface area (Å²) in [5.74, 6) is 0.0398. The van der Waals surface area contributed by atoms with Gasteiger partial charge in [0.25, 0.3) is 0 Å². The Morgan fingerprint density at radius 1 is 0.471 bits per heavy atom. The molecule has 204 valence electrons. The van der Waals surface area contributed by atoms with Crippen molar-refractivity contribution in [2.45, 2.75) is 200 Å². The lowest BCUT2D eigenvalue weighted by Crippen LogP contribution is -2.17. The van der Waals surface area contributed by atoms with Gasteiger partial charge in [-0.05, 0) is 25.7 Å². The van der Waals surface area contributed by atoms with Gasteiger partial charge in [0.05, 0.1) is 0 Å². The minimum Gasteiger partial charge on any atom is -0.462 e. The van der Waals surface area contributed by atoms with Crippen LogP contribution in [-0.4, -0.2) is 12.1 Å². The summed E-state index contributed by atoms with van der Waals surface area (Å²) < 4.78 is 5.76. The van der Waals surface area contributed by atoms with Gasteiger partial charge in [-0.2, -0.15) is 0 Å². The van der Waals surface area contributed by atoms with Crippen LogP contribution in [0.3, 0.4) is 0 Å². The lowest BCUT2D eigenvalue weighted by Gasteiger charge is -2.16. The van der Waals surface area contributed by atoms with Crippen LogP contribution in [-0.2, 0) is 9.53 Å². The third-order valence-corrected chi connectivity index (χ3v) is 7.37. The Hall–Kier alpha value is -0.530. The van der Waals surface area contributed by atoms with E-state index < -0.39 is 0 Å². The molecule has 1 atom stereocenters. The van der Waals surface area contributed by atoms with Crippen LogP contribution >= 0.6 is 0 Å². The van der Waals surface area contributed by atoms with E-state index in [4.69, 9.17) is 4.74 Å². The SMILES string of the molecule is CCCCCCCCCCCCCCCC(=O)OC(CC)CCCCCCCCCCCCC. The normalized spacial score (nSPS) is 12.2. The lowest BCUT2D eigenvalue weighted by molar-refractivity contribution is -0.149. The van der Waals surface area contributed by atoms with E-state index in [0.29, 0.717) is 6.42 Å². The Morgan fingerprint density at radius 3 is 1.15 bits per heavy atom. The zero-order chi connectivity index (χ0) is 25.0. The second-order valence-electron chi connectivity index (χ2n) is 10.8. The molecule has 0 heterocycles. The average Bonchev–Trinajstić information content (AvgIpc) is 2.84. The first-order valence-corrected chi connectivity index (χ1v) is 15.9. The first kappa shape index (κ1) is 33.5. The fourth-order valence-electron chi connectivity index (χ4n) is 4.91. The van der Waals surface area contributed by atoms with Crippen molar-refractivity contribution in [1.82, 2.24) is 0 Å². The van der Waals surface area contributed by atoms with Gasteiger partial charge in [-0.25, -0.2) is 0 Å². The molecule has 0 amide bonds. The summed E-state index contributed by atoms with van der Waals surface area (Å²) in [6.45, 7) is 6.72. The number of carbonyl (C=O) groups is 1. The molecule has 1 unspecified atom stereocenters. The zero-order valence-electron chi connectivity index (χ0n) is 24.0. The van der Waals surface area contributed by atoms with E-state index in [9.17, 15) is 4.79 Å². The molecule has 0 N–H and O–H groups in total. The van der Waals surface area contributed by atoms with E-state index in [0.717, 1.165) is 19.3 Å². The molecule has 0 rings (SSSR count). The lowest BCUT2D eigenvalue weighted by atomic mass is 10.0. The second kappa shape index (κ2) is 28.7. The monoisotopic (exact) mass is 480 g/mol. The van der Waals surface area contributed by atoms with Gasteiger partial charge in [0, 0.05) is 6.42 Å². The van der Waals surface area contributed by atoms with Crippen molar-refractivity contribution >= 4 is 5.97 Å². The minimum absolute atomic E-state index is 0.0398. The number of rotatable bonds is 28. The van der Waals surface area contributed by atoms with Crippen molar-refractivity contribution in [2.24, 2.45) is 0 Å². The van der Waals surface area contributed by atoms with Gasteiger partial charge < -0.3 is 4.74 Å². The second-order valence-corrected chi connectivity index (χ2v) is 10.8. The van der Waals surface area contributed by atoms with Crippen molar-refractivity contribution in [3.05, 3.63) is 0 Å². The van der Waals surface area contributed by atoms with Crippen molar-refractivity contribution in [3.8, 4) is 0 Å². The van der Waals surface area contributed by atoms with Gasteiger partial charge in [-0.1, -0.05) is 162 Å². The summed E-state index contributed by atoms with van der Waals surface area (Å²) >= 11 is 0. The number of hydrogen-bond acceptors (Lipinski definition) is 2. The molecular weight excluding hydrogens is 416 g/mol. The van der Waals surface area contributed by atoms with Crippen LogP contribution in [0.1, 0.15) is 194 Å². The van der Waals surface area contributed by atoms with Crippen molar-refractivity contribution in [3.63, 3.8) is 0 Å². The first-order valence-electron chi connectivity index (χ1n) is 15.9. The molecule has 2 heteroatoms. The van der Waals surface area contributed by atoms with Crippen LogP contribution in [0.25, 0.3) is 0 Å². The molecule has 0 radical (unpaired) electrons.